The summed E-state index contributed by atoms with van der Waals surface area (Å²) in [4.78, 5) is 25.4. The molecule has 0 saturated carbocycles. The van der Waals surface area contributed by atoms with E-state index in [9.17, 15) is 19.6 Å². The predicted octanol–water partition coefficient (Wildman–Crippen LogP) is 3.82. The Morgan fingerprint density at radius 1 is 1.11 bits per heavy atom. The monoisotopic (exact) mass is 674 g/mol. The molecule has 2 unspecified atom stereocenters. The van der Waals surface area contributed by atoms with Crippen LogP contribution in [0.25, 0.3) is 21.9 Å². The minimum absolute atomic E-state index is 0.0423. The Morgan fingerprint density at radius 3 is 2.53 bits per heavy atom. The lowest BCUT2D eigenvalue weighted by molar-refractivity contribution is -0.148. The summed E-state index contributed by atoms with van der Waals surface area (Å²) in [5.74, 6) is -0.276. The molecule has 0 bridgehead atoms. The number of aliphatic hydroxyl groups is 2. The van der Waals surface area contributed by atoms with Crippen LogP contribution in [0.5, 0.6) is 11.6 Å². The van der Waals surface area contributed by atoms with Crippen LogP contribution in [-0.2, 0) is 30.1 Å². The van der Waals surface area contributed by atoms with Gasteiger partial charge in [0.15, 0.2) is 11.2 Å². The number of nitrogens with one attached hydrogen (secondary N) is 1. The molecule has 0 spiro atoms. The molecule has 4 rings (SSSR count). The number of esters is 1. The van der Waals surface area contributed by atoms with Gasteiger partial charge in [-0.25, -0.2) is 9.55 Å². The van der Waals surface area contributed by atoms with Crippen LogP contribution in [0.15, 0.2) is 48.8 Å². The van der Waals surface area contributed by atoms with E-state index < -0.39 is 44.7 Å². The van der Waals surface area contributed by atoms with E-state index >= 15 is 0 Å². The maximum Gasteiger partial charge on any atom is 0.459 e. The number of nitrogens with two attached hydrogens (primary N) is 1. The third kappa shape index (κ3) is 9.60. The van der Waals surface area contributed by atoms with E-state index in [1.165, 1.54) is 24.7 Å². The molecule has 5 N–H and O–H groups in total. The summed E-state index contributed by atoms with van der Waals surface area (Å²) in [6.07, 6.45) is -2.56. The fourth-order valence-electron chi connectivity index (χ4n) is 4.37. The molecule has 0 amide bonds. The Morgan fingerprint density at radius 2 is 1.83 bits per heavy atom. The topological polar surface area (TPSA) is 202 Å². The van der Waals surface area contributed by atoms with E-state index in [2.05, 4.69) is 20.0 Å². The summed E-state index contributed by atoms with van der Waals surface area (Å²) >= 11 is 0. The number of rotatable bonds is 16. The molecule has 47 heavy (non-hydrogen) atoms. The first-order valence-electron chi connectivity index (χ1n) is 15.1. The van der Waals surface area contributed by atoms with Crippen LogP contribution in [0, 0.1) is 5.41 Å². The van der Waals surface area contributed by atoms with Crippen LogP contribution in [0.3, 0.4) is 0 Å². The van der Waals surface area contributed by atoms with E-state index in [-0.39, 0.29) is 36.3 Å². The van der Waals surface area contributed by atoms with Crippen LogP contribution < -0.4 is 20.1 Å². The fourth-order valence-corrected chi connectivity index (χ4v) is 5.89. The van der Waals surface area contributed by atoms with Crippen molar-refractivity contribution >= 4 is 41.6 Å². The zero-order valence-corrected chi connectivity index (χ0v) is 28.2. The van der Waals surface area contributed by atoms with Crippen molar-refractivity contribution < 1.29 is 42.8 Å². The Balaban J connectivity index is 1.58. The molecule has 5 atom stereocenters. The molecular formula is C31H43N6O9P. The lowest BCUT2D eigenvalue weighted by atomic mass is 9.99. The number of aromatic nitrogens is 4. The number of carbonyl (C=O) groups excluding carboxylic acids is 1. The van der Waals surface area contributed by atoms with Crippen LogP contribution in [-0.4, -0.2) is 79.9 Å². The van der Waals surface area contributed by atoms with Gasteiger partial charge in [-0.2, -0.15) is 15.1 Å². The van der Waals surface area contributed by atoms with Crippen molar-refractivity contribution in [1.29, 1.82) is 0 Å². The lowest BCUT2D eigenvalue weighted by Gasteiger charge is -2.28. The van der Waals surface area contributed by atoms with Crippen molar-refractivity contribution in [3.63, 3.8) is 0 Å². The number of imidazole rings is 1. The first-order chi connectivity index (χ1) is 22.2. The van der Waals surface area contributed by atoms with Gasteiger partial charge in [0.05, 0.1) is 32.3 Å². The first kappa shape index (κ1) is 36.0. The van der Waals surface area contributed by atoms with Gasteiger partial charge in [-0.3, -0.25) is 13.9 Å². The van der Waals surface area contributed by atoms with E-state index in [1.807, 2.05) is 39.0 Å². The van der Waals surface area contributed by atoms with Gasteiger partial charge < -0.3 is 34.7 Å². The highest BCUT2D eigenvalue weighted by Crippen LogP contribution is 2.47. The number of benzene rings is 2. The SMILES string of the molecule is CCOc1nc(N)nc2c1ncn2CO[C@H](COP(=O)(N[C@@H](C)C(=O)OCC(C)(C)C)Oc1cccc2ccccc12)[C@@H](O)C(C)O. The third-order valence-corrected chi connectivity index (χ3v) is 8.39. The highest BCUT2D eigenvalue weighted by molar-refractivity contribution is 7.52. The summed E-state index contributed by atoms with van der Waals surface area (Å²) in [6, 6.07) is 11.4. The molecule has 2 heterocycles. The van der Waals surface area contributed by atoms with Crippen LogP contribution in [0.2, 0.25) is 0 Å². The quantitative estimate of drug-likeness (QED) is 0.0987. The molecule has 0 radical (unpaired) electrons. The van der Waals surface area contributed by atoms with Crippen LogP contribution in [0.1, 0.15) is 41.5 Å². The van der Waals surface area contributed by atoms with Gasteiger partial charge in [-0.1, -0.05) is 57.2 Å². The van der Waals surface area contributed by atoms with Gasteiger partial charge in [-0.05, 0) is 37.6 Å². The maximum absolute atomic E-state index is 14.4. The number of carbonyl (C=O) groups is 1. The highest BCUT2D eigenvalue weighted by atomic mass is 31.2. The number of ether oxygens (including phenoxy) is 3. The Labute approximate surface area is 272 Å². The van der Waals surface area contributed by atoms with E-state index in [1.54, 1.807) is 31.2 Å². The zero-order valence-electron chi connectivity index (χ0n) is 27.3. The summed E-state index contributed by atoms with van der Waals surface area (Å²) in [5, 5.41) is 25.2. The number of hydrogen-bond acceptors (Lipinski definition) is 13. The molecule has 0 fully saturated rings. The van der Waals surface area contributed by atoms with Gasteiger partial charge in [-0.15, -0.1) is 0 Å². The number of nitrogen functional groups attached to an aromatic ring is 1. The predicted molar refractivity (Wildman–Crippen MR) is 175 cm³/mol. The van der Waals surface area contributed by atoms with E-state index in [0.717, 1.165) is 5.39 Å². The molecule has 256 valence electrons. The van der Waals surface area contributed by atoms with Gasteiger partial charge >= 0.3 is 13.7 Å². The smallest absolute Gasteiger partial charge is 0.459 e. The molecule has 0 aliphatic heterocycles. The van der Waals surface area contributed by atoms with Gasteiger partial charge in [0.2, 0.25) is 11.8 Å². The summed E-state index contributed by atoms with van der Waals surface area (Å²) in [5.41, 5.74) is 6.22. The minimum atomic E-state index is -4.38. The van der Waals surface area contributed by atoms with Crippen molar-refractivity contribution in [2.24, 2.45) is 5.41 Å². The summed E-state index contributed by atoms with van der Waals surface area (Å²) in [7, 11) is -4.38. The number of aliphatic hydroxyl groups excluding tert-OH is 2. The standard InChI is InChI=1S/C31H43N6O9P/c1-7-42-28-25-27(34-30(32)35-28)37(17-33-25)18-44-24(26(39)20(3)38)15-45-47(41,36-19(2)29(40)43-16-31(4,5)6)46-23-14-10-12-21-11-8-9-13-22(21)23/h8-14,17,19-20,24,26,38-39H,7,15-16,18H2,1-6H3,(H,36,41)(H2,32,34,35)/t19-,20?,24+,26-,47?/m0/s1. The number of fused-ring (bicyclic) bond motifs is 2. The van der Waals surface area contributed by atoms with Crippen molar-refractivity contribution in [3.05, 3.63) is 48.8 Å². The second-order valence-corrected chi connectivity index (χ2v) is 13.8. The van der Waals surface area contributed by atoms with Crippen molar-refractivity contribution in [3.8, 4) is 11.6 Å². The largest absolute Gasteiger partial charge is 0.476 e. The third-order valence-electron chi connectivity index (χ3n) is 6.76. The zero-order chi connectivity index (χ0) is 34.4. The van der Waals surface area contributed by atoms with Crippen molar-refractivity contribution in [2.45, 2.75) is 72.6 Å². The second-order valence-electron chi connectivity index (χ2n) is 12.2. The Hall–Kier alpha value is -3.85. The maximum atomic E-state index is 14.4. The minimum Gasteiger partial charge on any atom is -0.476 e. The van der Waals surface area contributed by atoms with Gasteiger partial charge in [0.25, 0.3) is 0 Å². The molecule has 0 aliphatic rings. The normalized spacial score (nSPS) is 15.9. The number of anilines is 1. The second kappa shape index (κ2) is 15.4. The molecule has 2 aromatic heterocycles. The van der Waals surface area contributed by atoms with E-state index in [4.69, 9.17) is 29.0 Å². The van der Waals surface area contributed by atoms with Crippen LogP contribution >= 0.6 is 7.75 Å². The van der Waals surface area contributed by atoms with Crippen molar-refractivity contribution in [1.82, 2.24) is 24.6 Å². The summed E-state index contributed by atoms with van der Waals surface area (Å²) in [6.45, 7) is 10.1. The Kier molecular flexibility index (Phi) is 11.8. The molecule has 2 aromatic carbocycles. The molecular weight excluding hydrogens is 631 g/mol. The number of hydrogen-bond donors (Lipinski definition) is 4. The molecule has 15 nitrogen and oxygen atoms in total. The van der Waals surface area contributed by atoms with E-state index in [0.29, 0.717) is 23.2 Å². The average molecular weight is 675 g/mol. The van der Waals surface area contributed by atoms with Crippen LogP contribution in [0.4, 0.5) is 5.95 Å². The number of nitrogens with zero attached hydrogens (tertiary/aromatic N) is 4. The van der Waals surface area contributed by atoms with Gasteiger partial charge in [0.1, 0.15) is 30.7 Å². The van der Waals surface area contributed by atoms with Crippen molar-refractivity contribution in [2.75, 3.05) is 25.6 Å². The molecule has 0 aliphatic carbocycles. The fraction of sp³-hybridized carbons (Fsp3) is 0.484. The molecule has 0 saturated heterocycles. The average Bonchev–Trinajstić information content (AvgIpc) is 3.42. The summed E-state index contributed by atoms with van der Waals surface area (Å²) < 4.78 is 44.6. The van der Waals surface area contributed by atoms with Gasteiger partial charge in [0, 0.05) is 5.39 Å². The molecule has 4 aromatic rings. The first-order valence-corrected chi connectivity index (χ1v) is 16.7. The lowest BCUT2D eigenvalue weighted by Crippen LogP contribution is -2.42. The molecule has 16 heteroatoms. The highest BCUT2D eigenvalue weighted by Gasteiger charge is 2.36. The Bertz CT molecular complexity index is 1700.